The lowest BCUT2D eigenvalue weighted by atomic mass is 9.84. The molecule has 3 aliphatic rings. The second kappa shape index (κ2) is 10.5. The Bertz CT molecular complexity index is 615. The third-order valence-corrected chi connectivity index (χ3v) is 6.96. The quantitative estimate of drug-likeness (QED) is 0.527. The van der Waals surface area contributed by atoms with Gasteiger partial charge in [-0.25, -0.2) is 0 Å². The number of nitrogens with zero attached hydrogens (tertiary/aromatic N) is 5. The summed E-state index contributed by atoms with van der Waals surface area (Å²) in [4.78, 5) is 38.1. The first-order valence-electron chi connectivity index (χ1n) is 11.6. The van der Waals surface area contributed by atoms with Crippen molar-refractivity contribution in [1.82, 2.24) is 24.9 Å². The van der Waals surface area contributed by atoms with E-state index < -0.39 is 0 Å². The van der Waals surface area contributed by atoms with Gasteiger partial charge < -0.3 is 20.0 Å². The molecule has 0 bridgehead atoms. The van der Waals surface area contributed by atoms with Crippen LogP contribution in [0.25, 0.3) is 0 Å². The van der Waals surface area contributed by atoms with Crippen LogP contribution in [0.4, 0.5) is 0 Å². The average Bonchev–Trinajstić information content (AvgIpc) is 3.25. The Morgan fingerprint density at radius 3 is 2.10 bits per heavy atom. The third kappa shape index (κ3) is 5.45. The minimum absolute atomic E-state index is 0.226. The molecule has 170 valence electrons. The second-order valence-electron chi connectivity index (χ2n) is 9.29. The summed E-state index contributed by atoms with van der Waals surface area (Å²) >= 11 is 0. The summed E-state index contributed by atoms with van der Waals surface area (Å²) in [6.07, 6.45) is 7.64. The second-order valence-corrected chi connectivity index (χ2v) is 9.29. The van der Waals surface area contributed by atoms with Crippen LogP contribution in [-0.2, 0) is 9.59 Å². The molecule has 0 aromatic rings. The maximum Gasteiger partial charge on any atom is 0.236 e. The van der Waals surface area contributed by atoms with E-state index in [1.807, 2.05) is 26.0 Å². The number of guanidine groups is 1. The van der Waals surface area contributed by atoms with Crippen LogP contribution in [0.5, 0.6) is 0 Å². The van der Waals surface area contributed by atoms with E-state index in [1.165, 1.54) is 6.42 Å². The van der Waals surface area contributed by atoms with Crippen LogP contribution in [0, 0.1) is 5.41 Å². The number of likely N-dealkylation sites (tertiary alicyclic amines) is 1. The molecule has 8 heteroatoms. The zero-order valence-corrected chi connectivity index (χ0v) is 19.2. The number of carbonyl (C=O) groups excluding carboxylic acids is 2. The summed E-state index contributed by atoms with van der Waals surface area (Å²) in [7, 11) is 5.51. The first-order chi connectivity index (χ1) is 14.4. The molecule has 3 rings (SSSR count). The van der Waals surface area contributed by atoms with Crippen molar-refractivity contribution < 1.29 is 9.59 Å². The number of carbonyl (C=O) groups is 2. The van der Waals surface area contributed by atoms with E-state index >= 15 is 0 Å². The van der Waals surface area contributed by atoms with Gasteiger partial charge in [-0.2, -0.15) is 0 Å². The number of nitrogens with one attached hydrogen (secondary N) is 1. The standard InChI is InChI=1S/C22H40N6O2/c1-23-21(24-18-22(9-5-6-10-22)20(30)25(2)3)28-15-13-26(14-16-28)17-19(29)27-11-7-4-8-12-27/h4-18H2,1-3H3,(H,23,24). The van der Waals surface area contributed by atoms with Gasteiger partial charge in [-0.05, 0) is 32.1 Å². The molecule has 2 aliphatic heterocycles. The van der Waals surface area contributed by atoms with Crippen molar-refractivity contribution in [2.75, 3.05) is 73.5 Å². The number of rotatable bonds is 5. The summed E-state index contributed by atoms with van der Waals surface area (Å²) in [6.45, 7) is 6.43. The fourth-order valence-corrected chi connectivity index (χ4v) is 5.13. The van der Waals surface area contributed by atoms with Crippen molar-refractivity contribution in [3.05, 3.63) is 0 Å². The summed E-state index contributed by atoms with van der Waals surface area (Å²) < 4.78 is 0. The number of hydrogen-bond donors (Lipinski definition) is 1. The molecule has 0 spiro atoms. The lowest BCUT2D eigenvalue weighted by Crippen LogP contribution is -2.56. The molecule has 2 heterocycles. The number of piperazine rings is 1. The van der Waals surface area contributed by atoms with Crippen molar-refractivity contribution >= 4 is 17.8 Å². The van der Waals surface area contributed by atoms with E-state index in [-0.39, 0.29) is 17.2 Å². The molecule has 8 nitrogen and oxygen atoms in total. The molecule has 1 saturated carbocycles. The minimum Gasteiger partial charge on any atom is -0.355 e. The predicted molar refractivity (Wildman–Crippen MR) is 119 cm³/mol. The van der Waals surface area contributed by atoms with E-state index in [0.717, 1.165) is 83.8 Å². The third-order valence-electron chi connectivity index (χ3n) is 6.96. The van der Waals surface area contributed by atoms with E-state index in [9.17, 15) is 9.59 Å². The van der Waals surface area contributed by atoms with Crippen LogP contribution in [-0.4, -0.2) is 111 Å². The molecule has 0 aromatic heterocycles. The summed E-state index contributed by atoms with van der Waals surface area (Å²) in [6, 6.07) is 0. The molecule has 2 saturated heterocycles. The summed E-state index contributed by atoms with van der Waals surface area (Å²) in [5.74, 6) is 1.37. The van der Waals surface area contributed by atoms with Crippen LogP contribution in [0.15, 0.2) is 4.99 Å². The van der Waals surface area contributed by atoms with Crippen molar-refractivity contribution in [2.45, 2.75) is 44.9 Å². The number of hydrogen-bond acceptors (Lipinski definition) is 4. The first kappa shape index (κ1) is 22.8. The maximum absolute atomic E-state index is 12.8. The Labute approximate surface area is 181 Å². The topological polar surface area (TPSA) is 71.5 Å². The van der Waals surface area contributed by atoms with Crippen molar-refractivity contribution in [1.29, 1.82) is 0 Å². The zero-order chi connectivity index (χ0) is 21.6. The SMILES string of the molecule is CN=C(NCC1(C(=O)N(C)C)CCCC1)N1CCN(CC(=O)N2CCCCC2)CC1. The Hall–Kier alpha value is -1.83. The molecule has 0 aromatic carbocycles. The van der Waals surface area contributed by atoms with E-state index in [1.54, 1.807) is 4.90 Å². The van der Waals surface area contributed by atoms with Gasteiger partial charge in [0.2, 0.25) is 11.8 Å². The van der Waals surface area contributed by atoms with Crippen molar-refractivity contribution in [2.24, 2.45) is 10.4 Å². The van der Waals surface area contributed by atoms with E-state index in [2.05, 4.69) is 20.1 Å². The Balaban J connectivity index is 1.47. The van der Waals surface area contributed by atoms with Crippen LogP contribution < -0.4 is 5.32 Å². The van der Waals surface area contributed by atoms with Gasteiger partial charge in [0.05, 0.1) is 12.0 Å². The molecule has 2 amide bonds. The number of aliphatic imine (C=N–C) groups is 1. The molecular weight excluding hydrogens is 380 g/mol. The van der Waals surface area contributed by atoms with Gasteiger partial charge in [0.25, 0.3) is 0 Å². The van der Waals surface area contributed by atoms with Gasteiger partial charge in [0.1, 0.15) is 0 Å². The van der Waals surface area contributed by atoms with E-state index in [4.69, 9.17) is 0 Å². The maximum atomic E-state index is 12.8. The Morgan fingerprint density at radius 2 is 1.53 bits per heavy atom. The van der Waals surface area contributed by atoms with Gasteiger partial charge in [0.15, 0.2) is 5.96 Å². The fraction of sp³-hybridized carbons (Fsp3) is 0.864. The first-order valence-corrected chi connectivity index (χ1v) is 11.6. The largest absolute Gasteiger partial charge is 0.355 e. The molecule has 3 fully saturated rings. The zero-order valence-electron chi connectivity index (χ0n) is 19.2. The minimum atomic E-state index is -0.303. The van der Waals surface area contributed by atoms with Crippen LogP contribution in [0.2, 0.25) is 0 Å². The van der Waals surface area contributed by atoms with Gasteiger partial charge >= 0.3 is 0 Å². The van der Waals surface area contributed by atoms with Crippen LogP contribution in [0.3, 0.4) is 0 Å². The van der Waals surface area contributed by atoms with Crippen LogP contribution in [0.1, 0.15) is 44.9 Å². The molecule has 1 aliphatic carbocycles. The highest BCUT2D eigenvalue weighted by atomic mass is 16.2. The average molecular weight is 421 g/mol. The highest BCUT2D eigenvalue weighted by Crippen LogP contribution is 2.39. The van der Waals surface area contributed by atoms with Crippen molar-refractivity contribution in [3.63, 3.8) is 0 Å². The number of piperidine rings is 1. The van der Waals surface area contributed by atoms with E-state index in [0.29, 0.717) is 13.1 Å². The molecule has 0 atom stereocenters. The normalized spacial score (nSPS) is 22.8. The number of amides is 2. The Kier molecular flexibility index (Phi) is 7.97. The highest BCUT2D eigenvalue weighted by Gasteiger charge is 2.42. The van der Waals surface area contributed by atoms with Crippen molar-refractivity contribution in [3.8, 4) is 0 Å². The van der Waals surface area contributed by atoms with Gasteiger partial charge in [-0.15, -0.1) is 0 Å². The summed E-state index contributed by atoms with van der Waals surface area (Å²) in [5, 5.41) is 3.50. The highest BCUT2D eigenvalue weighted by molar-refractivity contribution is 5.85. The molecule has 0 unspecified atom stereocenters. The lowest BCUT2D eigenvalue weighted by Gasteiger charge is -2.38. The van der Waals surface area contributed by atoms with Gasteiger partial charge in [0, 0.05) is 67.0 Å². The smallest absolute Gasteiger partial charge is 0.236 e. The molecular formula is C22H40N6O2. The van der Waals surface area contributed by atoms with Gasteiger partial charge in [-0.1, -0.05) is 12.8 Å². The monoisotopic (exact) mass is 420 g/mol. The Morgan fingerprint density at radius 1 is 0.900 bits per heavy atom. The predicted octanol–water partition coefficient (Wildman–Crippen LogP) is 0.841. The fourth-order valence-electron chi connectivity index (χ4n) is 5.13. The van der Waals surface area contributed by atoms with Crippen LogP contribution >= 0.6 is 0 Å². The van der Waals surface area contributed by atoms with Gasteiger partial charge in [-0.3, -0.25) is 19.5 Å². The molecule has 1 N–H and O–H groups in total. The summed E-state index contributed by atoms with van der Waals surface area (Å²) in [5.41, 5.74) is -0.303. The molecule has 0 radical (unpaired) electrons. The lowest BCUT2D eigenvalue weighted by molar-refractivity contribution is -0.139. The molecule has 30 heavy (non-hydrogen) atoms.